The molecule has 1 N–H and O–H groups in total. The first-order chi connectivity index (χ1) is 6.61. The summed E-state index contributed by atoms with van der Waals surface area (Å²) in [6.07, 6.45) is 0. The highest BCUT2D eigenvalue weighted by Crippen LogP contribution is 2.15. The van der Waals surface area contributed by atoms with E-state index in [2.05, 4.69) is 19.2 Å². The van der Waals surface area contributed by atoms with Crippen molar-refractivity contribution in [1.82, 2.24) is 5.32 Å². The number of rotatable bonds is 4. The molecule has 1 atom stereocenters. The Morgan fingerprint density at radius 1 is 1.21 bits per heavy atom. The molecular formula is C12H18FN. The summed E-state index contributed by atoms with van der Waals surface area (Å²) in [4.78, 5) is 0. The van der Waals surface area contributed by atoms with Crippen LogP contribution in [-0.4, -0.2) is 6.54 Å². The third-order valence-electron chi connectivity index (χ3n) is 2.20. The van der Waals surface area contributed by atoms with Crippen molar-refractivity contribution in [2.24, 2.45) is 5.92 Å². The van der Waals surface area contributed by atoms with Crippen molar-refractivity contribution in [3.8, 4) is 0 Å². The lowest BCUT2D eigenvalue weighted by Gasteiger charge is -2.16. The highest BCUT2D eigenvalue weighted by Gasteiger charge is 2.09. The van der Waals surface area contributed by atoms with Crippen LogP contribution >= 0.6 is 0 Å². The van der Waals surface area contributed by atoms with Gasteiger partial charge in [-0.05, 0) is 25.5 Å². The summed E-state index contributed by atoms with van der Waals surface area (Å²) in [5.74, 6) is 0.459. The summed E-state index contributed by atoms with van der Waals surface area (Å²) in [5, 5.41) is 3.30. The van der Waals surface area contributed by atoms with Crippen LogP contribution in [0.15, 0.2) is 24.3 Å². The minimum absolute atomic E-state index is 0.0820. The van der Waals surface area contributed by atoms with Crippen molar-refractivity contribution in [2.75, 3.05) is 6.54 Å². The number of benzene rings is 1. The van der Waals surface area contributed by atoms with Gasteiger partial charge in [-0.15, -0.1) is 0 Å². The second-order valence-corrected chi connectivity index (χ2v) is 4.05. The zero-order chi connectivity index (χ0) is 10.6. The molecule has 0 saturated heterocycles. The SMILES string of the molecule is CC(C)CN[C@H](C)c1ccccc1F. The summed E-state index contributed by atoms with van der Waals surface area (Å²) in [5.41, 5.74) is 0.744. The van der Waals surface area contributed by atoms with Crippen LogP contribution in [0, 0.1) is 11.7 Å². The van der Waals surface area contributed by atoms with E-state index in [1.54, 1.807) is 6.07 Å². The molecular weight excluding hydrogens is 177 g/mol. The Labute approximate surface area is 85.3 Å². The van der Waals surface area contributed by atoms with Crippen molar-refractivity contribution in [2.45, 2.75) is 26.8 Å². The second kappa shape index (κ2) is 5.11. The van der Waals surface area contributed by atoms with Crippen LogP contribution < -0.4 is 5.32 Å². The molecule has 1 aromatic rings. The van der Waals surface area contributed by atoms with E-state index in [1.165, 1.54) is 6.07 Å². The molecule has 0 amide bonds. The summed E-state index contributed by atoms with van der Waals surface area (Å²) in [6, 6.07) is 6.99. The normalized spacial score (nSPS) is 13.2. The average molecular weight is 195 g/mol. The van der Waals surface area contributed by atoms with Crippen LogP contribution in [0.4, 0.5) is 4.39 Å². The smallest absolute Gasteiger partial charge is 0.127 e. The lowest BCUT2D eigenvalue weighted by atomic mass is 10.1. The first kappa shape index (κ1) is 11.2. The van der Waals surface area contributed by atoms with Crippen LogP contribution in [0.1, 0.15) is 32.4 Å². The topological polar surface area (TPSA) is 12.0 Å². The maximum atomic E-state index is 13.3. The Bertz CT molecular complexity index is 283. The van der Waals surface area contributed by atoms with Gasteiger partial charge in [0, 0.05) is 11.6 Å². The molecule has 0 aromatic heterocycles. The van der Waals surface area contributed by atoms with Gasteiger partial charge in [0.1, 0.15) is 5.82 Å². The molecule has 78 valence electrons. The number of nitrogens with one attached hydrogen (secondary N) is 1. The third-order valence-corrected chi connectivity index (χ3v) is 2.20. The Hall–Kier alpha value is -0.890. The van der Waals surface area contributed by atoms with Gasteiger partial charge >= 0.3 is 0 Å². The van der Waals surface area contributed by atoms with E-state index in [0.717, 1.165) is 12.1 Å². The summed E-state index contributed by atoms with van der Waals surface area (Å²) >= 11 is 0. The van der Waals surface area contributed by atoms with Crippen molar-refractivity contribution in [3.05, 3.63) is 35.6 Å². The fraction of sp³-hybridized carbons (Fsp3) is 0.500. The number of halogens is 1. The van der Waals surface area contributed by atoms with Gasteiger partial charge < -0.3 is 5.32 Å². The first-order valence-electron chi connectivity index (χ1n) is 5.09. The fourth-order valence-electron chi connectivity index (χ4n) is 1.35. The van der Waals surface area contributed by atoms with Gasteiger partial charge in [0.15, 0.2) is 0 Å². The molecule has 0 aliphatic carbocycles. The Morgan fingerprint density at radius 3 is 2.43 bits per heavy atom. The van der Waals surface area contributed by atoms with Gasteiger partial charge in [-0.25, -0.2) is 4.39 Å². The maximum Gasteiger partial charge on any atom is 0.127 e. The molecule has 1 rings (SSSR count). The molecule has 0 unspecified atom stereocenters. The Kier molecular flexibility index (Phi) is 4.08. The zero-order valence-corrected chi connectivity index (χ0v) is 9.05. The summed E-state index contributed by atoms with van der Waals surface area (Å²) in [7, 11) is 0. The molecule has 2 heteroatoms. The Balaban J connectivity index is 2.60. The summed E-state index contributed by atoms with van der Waals surface area (Å²) < 4.78 is 13.3. The average Bonchev–Trinajstić information content (AvgIpc) is 2.15. The molecule has 0 saturated carbocycles. The van der Waals surface area contributed by atoms with Gasteiger partial charge in [0.2, 0.25) is 0 Å². The predicted octanol–water partition coefficient (Wildman–Crippen LogP) is 3.13. The second-order valence-electron chi connectivity index (χ2n) is 4.05. The molecule has 0 aliphatic heterocycles. The lowest BCUT2D eigenvalue weighted by Crippen LogP contribution is -2.23. The minimum atomic E-state index is -0.128. The van der Waals surface area contributed by atoms with Gasteiger partial charge in [0.05, 0.1) is 0 Å². The van der Waals surface area contributed by atoms with Crippen LogP contribution in [0.2, 0.25) is 0 Å². The first-order valence-corrected chi connectivity index (χ1v) is 5.09. The quantitative estimate of drug-likeness (QED) is 0.778. The zero-order valence-electron chi connectivity index (χ0n) is 9.05. The van der Waals surface area contributed by atoms with Gasteiger partial charge in [-0.2, -0.15) is 0 Å². The monoisotopic (exact) mass is 195 g/mol. The van der Waals surface area contributed by atoms with Crippen molar-refractivity contribution in [3.63, 3.8) is 0 Å². The van der Waals surface area contributed by atoms with E-state index in [1.807, 2.05) is 19.1 Å². The molecule has 0 aliphatic rings. The lowest BCUT2D eigenvalue weighted by molar-refractivity contribution is 0.479. The highest BCUT2D eigenvalue weighted by molar-refractivity contribution is 5.20. The van der Waals surface area contributed by atoms with Crippen molar-refractivity contribution < 1.29 is 4.39 Å². The minimum Gasteiger partial charge on any atom is -0.310 e. The van der Waals surface area contributed by atoms with E-state index in [0.29, 0.717) is 5.92 Å². The van der Waals surface area contributed by atoms with Crippen molar-refractivity contribution >= 4 is 0 Å². The number of hydrogen-bond donors (Lipinski definition) is 1. The molecule has 0 bridgehead atoms. The Morgan fingerprint density at radius 2 is 1.86 bits per heavy atom. The van der Waals surface area contributed by atoms with Gasteiger partial charge in [0.25, 0.3) is 0 Å². The number of hydrogen-bond acceptors (Lipinski definition) is 1. The molecule has 0 fully saturated rings. The fourth-order valence-corrected chi connectivity index (χ4v) is 1.35. The molecule has 0 spiro atoms. The molecule has 1 aromatic carbocycles. The third kappa shape index (κ3) is 3.11. The predicted molar refractivity (Wildman–Crippen MR) is 57.7 cm³/mol. The van der Waals surface area contributed by atoms with E-state index in [4.69, 9.17) is 0 Å². The molecule has 0 radical (unpaired) electrons. The molecule has 0 heterocycles. The van der Waals surface area contributed by atoms with E-state index >= 15 is 0 Å². The van der Waals surface area contributed by atoms with Gasteiger partial charge in [-0.1, -0.05) is 32.0 Å². The van der Waals surface area contributed by atoms with E-state index in [9.17, 15) is 4.39 Å². The summed E-state index contributed by atoms with van der Waals surface area (Å²) in [6.45, 7) is 7.18. The van der Waals surface area contributed by atoms with E-state index in [-0.39, 0.29) is 11.9 Å². The molecule has 1 nitrogen and oxygen atoms in total. The van der Waals surface area contributed by atoms with Crippen LogP contribution in [0.5, 0.6) is 0 Å². The van der Waals surface area contributed by atoms with Crippen LogP contribution in [0.3, 0.4) is 0 Å². The van der Waals surface area contributed by atoms with Crippen LogP contribution in [-0.2, 0) is 0 Å². The van der Waals surface area contributed by atoms with E-state index < -0.39 is 0 Å². The molecule has 14 heavy (non-hydrogen) atoms. The van der Waals surface area contributed by atoms with Crippen molar-refractivity contribution in [1.29, 1.82) is 0 Å². The maximum absolute atomic E-state index is 13.3. The highest BCUT2D eigenvalue weighted by atomic mass is 19.1. The largest absolute Gasteiger partial charge is 0.310 e. The standard InChI is InChI=1S/C12H18FN/c1-9(2)8-14-10(3)11-6-4-5-7-12(11)13/h4-7,9-10,14H,8H2,1-3H3/t10-/m1/s1. The van der Waals surface area contributed by atoms with Crippen LogP contribution in [0.25, 0.3) is 0 Å². The van der Waals surface area contributed by atoms with Gasteiger partial charge in [-0.3, -0.25) is 0 Å².